The molecular formula is C12H15N5O2. The number of aryl methyl sites for hydroxylation is 1. The monoisotopic (exact) mass is 261 g/mol. The van der Waals surface area contributed by atoms with Crippen LogP contribution in [0, 0.1) is 0 Å². The molecule has 19 heavy (non-hydrogen) atoms. The van der Waals surface area contributed by atoms with E-state index in [0.717, 1.165) is 6.54 Å². The van der Waals surface area contributed by atoms with Gasteiger partial charge in [0.05, 0.1) is 24.6 Å². The summed E-state index contributed by atoms with van der Waals surface area (Å²) in [5.41, 5.74) is 6.22. The molecule has 7 nitrogen and oxygen atoms in total. The lowest BCUT2D eigenvalue weighted by Gasteiger charge is -2.06. The first-order valence-electron chi connectivity index (χ1n) is 5.78. The lowest BCUT2D eigenvalue weighted by atomic mass is 10.2. The number of carbonyl (C=O) groups is 1. The van der Waals surface area contributed by atoms with Crippen molar-refractivity contribution in [3.8, 4) is 0 Å². The summed E-state index contributed by atoms with van der Waals surface area (Å²) in [5, 5.41) is 7.26. The van der Waals surface area contributed by atoms with E-state index in [1.165, 1.54) is 19.4 Å². The predicted octanol–water partition coefficient (Wildman–Crippen LogP) is 1.41. The lowest BCUT2D eigenvalue weighted by molar-refractivity contribution is 0.0602. The molecular weight excluding hydrogens is 246 g/mol. The minimum Gasteiger partial charge on any atom is -0.465 e. The molecule has 0 aliphatic rings. The number of hydrogen-bond acceptors (Lipinski definition) is 6. The van der Waals surface area contributed by atoms with Crippen LogP contribution in [0.2, 0.25) is 0 Å². The second-order valence-corrected chi connectivity index (χ2v) is 3.83. The van der Waals surface area contributed by atoms with E-state index in [1.807, 2.05) is 19.2 Å². The van der Waals surface area contributed by atoms with E-state index < -0.39 is 5.97 Å². The Morgan fingerprint density at radius 3 is 2.95 bits per heavy atom. The summed E-state index contributed by atoms with van der Waals surface area (Å²) in [4.78, 5) is 15.6. The molecule has 0 aliphatic heterocycles. The van der Waals surface area contributed by atoms with Crippen LogP contribution in [0.3, 0.4) is 0 Å². The number of hydrogen-bond donors (Lipinski definition) is 2. The van der Waals surface area contributed by atoms with Crippen molar-refractivity contribution in [3.05, 3.63) is 30.1 Å². The lowest BCUT2D eigenvalue weighted by Crippen LogP contribution is -2.07. The number of anilines is 3. The van der Waals surface area contributed by atoms with E-state index in [4.69, 9.17) is 5.73 Å². The standard InChI is InChI=1S/C12H15N5O2/c1-3-17-5-4-10(16-17)15-11-6-8(12(18)19-2)9(13)7-14-11/h4-7H,3,13H2,1-2H3,(H,14,15,16). The fraction of sp³-hybridized carbons (Fsp3) is 0.250. The molecule has 2 heterocycles. The largest absolute Gasteiger partial charge is 0.465 e. The van der Waals surface area contributed by atoms with E-state index in [0.29, 0.717) is 11.6 Å². The first-order valence-corrected chi connectivity index (χ1v) is 5.78. The van der Waals surface area contributed by atoms with Crippen molar-refractivity contribution in [2.75, 3.05) is 18.2 Å². The molecule has 7 heteroatoms. The maximum Gasteiger partial charge on any atom is 0.340 e. The number of rotatable bonds is 4. The summed E-state index contributed by atoms with van der Waals surface area (Å²) in [5.74, 6) is 0.632. The van der Waals surface area contributed by atoms with Crippen molar-refractivity contribution in [2.45, 2.75) is 13.5 Å². The molecule has 100 valence electrons. The van der Waals surface area contributed by atoms with Gasteiger partial charge in [-0.05, 0) is 13.0 Å². The smallest absolute Gasteiger partial charge is 0.340 e. The first kappa shape index (κ1) is 12.9. The van der Waals surface area contributed by atoms with Crippen LogP contribution in [-0.2, 0) is 11.3 Å². The average Bonchev–Trinajstić information content (AvgIpc) is 2.87. The number of nitrogens with one attached hydrogen (secondary N) is 1. The molecule has 0 aromatic carbocycles. The Balaban J connectivity index is 2.23. The molecule has 0 spiro atoms. The maximum absolute atomic E-state index is 11.5. The summed E-state index contributed by atoms with van der Waals surface area (Å²) in [6, 6.07) is 3.35. The van der Waals surface area contributed by atoms with Crippen LogP contribution in [0.4, 0.5) is 17.3 Å². The molecule has 0 amide bonds. The highest BCUT2D eigenvalue weighted by molar-refractivity contribution is 5.95. The number of methoxy groups -OCH3 is 1. The zero-order chi connectivity index (χ0) is 13.8. The van der Waals surface area contributed by atoms with Gasteiger partial charge in [-0.1, -0.05) is 0 Å². The van der Waals surface area contributed by atoms with Crippen LogP contribution >= 0.6 is 0 Å². The van der Waals surface area contributed by atoms with Crippen LogP contribution in [0.25, 0.3) is 0 Å². The van der Waals surface area contributed by atoms with Gasteiger partial charge >= 0.3 is 5.97 Å². The van der Waals surface area contributed by atoms with Crippen LogP contribution in [-0.4, -0.2) is 27.8 Å². The summed E-state index contributed by atoms with van der Waals surface area (Å²) in [6.07, 6.45) is 3.26. The average molecular weight is 261 g/mol. The van der Waals surface area contributed by atoms with Crippen LogP contribution in [0.1, 0.15) is 17.3 Å². The van der Waals surface area contributed by atoms with Crippen molar-refractivity contribution in [1.29, 1.82) is 0 Å². The van der Waals surface area contributed by atoms with Gasteiger partial charge in [0.25, 0.3) is 0 Å². The first-order chi connectivity index (χ1) is 9.13. The van der Waals surface area contributed by atoms with Crippen LogP contribution in [0.5, 0.6) is 0 Å². The quantitative estimate of drug-likeness (QED) is 0.808. The maximum atomic E-state index is 11.5. The third kappa shape index (κ3) is 2.82. The Bertz CT molecular complexity index is 594. The van der Waals surface area contributed by atoms with Gasteiger partial charge in [0.15, 0.2) is 5.82 Å². The molecule has 0 bridgehead atoms. The molecule has 2 rings (SSSR count). The minimum atomic E-state index is -0.498. The molecule has 0 fully saturated rings. The van der Waals surface area contributed by atoms with Gasteiger partial charge in [-0.15, -0.1) is 0 Å². The number of carbonyl (C=O) groups excluding carboxylic acids is 1. The molecule has 2 aromatic rings. The van der Waals surface area contributed by atoms with E-state index in [1.54, 1.807) is 4.68 Å². The SMILES string of the molecule is CCn1ccc(Nc2cc(C(=O)OC)c(N)cn2)n1. The van der Waals surface area contributed by atoms with Crippen LogP contribution in [0.15, 0.2) is 24.5 Å². The normalized spacial score (nSPS) is 10.2. The Kier molecular flexibility index (Phi) is 3.65. The van der Waals surface area contributed by atoms with Gasteiger partial charge in [-0.25, -0.2) is 9.78 Å². The third-order valence-electron chi connectivity index (χ3n) is 2.56. The molecule has 0 atom stereocenters. The van der Waals surface area contributed by atoms with Gasteiger partial charge in [0.2, 0.25) is 0 Å². The van der Waals surface area contributed by atoms with Gasteiger partial charge in [-0.2, -0.15) is 5.10 Å². The van der Waals surface area contributed by atoms with E-state index in [2.05, 4.69) is 20.1 Å². The Labute approximate surface area is 110 Å². The highest BCUT2D eigenvalue weighted by atomic mass is 16.5. The number of pyridine rings is 1. The Morgan fingerprint density at radius 1 is 1.53 bits per heavy atom. The van der Waals surface area contributed by atoms with Crippen molar-refractivity contribution in [3.63, 3.8) is 0 Å². The fourth-order valence-electron chi connectivity index (χ4n) is 1.56. The highest BCUT2D eigenvalue weighted by Gasteiger charge is 2.12. The summed E-state index contributed by atoms with van der Waals surface area (Å²) in [7, 11) is 1.30. The minimum absolute atomic E-state index is 0.273. The van der Waals surface area contributed by atoms with Crippen molar-refractivity contribution >= 4 is 23.3 Å². The molecule has 0 radical (unpaired) electrons. The topological polar surface area (TPSA) is 95.1 Å². The van der Waals surface area contributed by atoms with Gasteiger partial charge in [0, 0.05) is 18.8 Å². The van der Waals surface area contributed by atoms with E-state index in [9.17, 15) is 4.79 Å². The summed E-state index contributed by atoms with van der Waals surface area (Å²) in [6.45, 7) is 2.78. The van der Waals surface area contributed by atoms with E-state index >= 15 is 0 Å². The predicted molar refractivity (Wildman–Crippen MR) is 71.2 cm³/mol. The second kappa shape index (κ2) is 5.38. The second-order valence-electron chi connectivity index (χ2n) is 3.83. The zero-order valence-electron chi connectivity index (χ0n) is 10.8. The number of ether oxygens (including phenoxy) is 1. The van der Waals surface area contributed by atoms with Gasteiger partial charge in [-0.3, -0.25) is 4.68 Å². The number of aromatic nitrogens is 3. The molecule has 2 aromatic heterocycles. The summed E-state index contributed by atoms with van der Waals surface area (Å²) < 4.78 is 6.43. The zero-order valence-corrected chi connectivity index (χ0v) is 10.8. The number of nitrogens with two attached hydrogens (primary N) is 1. The number of nitrogens with zero attached hydrogens (tertiary/aromatic N) is 3. The van der Waals surface area contributed by atoms with Crippen LogP contribution < -0.4 is 11.1 Å². The van der Waals surface area contributed by atoms with Gasteiger partial charge in [0.1, 0.15) is 5.82 Å². The molecule has 0 saturated carbocycles. The summed E-state index contributed by atoms with van der Waals surface area (Å²) >= 11 is 0. The Hall–Kier alpha value is -2.57. The molecule has 0 saturated heterocycles. The third-order valence-corrected chi connectivity index (χ3v) is 2.56. The fourth-order valence-corrected chi connectivity index (χ4v) is 1.56. The molecule has 0 aliphatic carbocycles. The van der Waals surface area contributed by atoms with Gasteiger partial charge < -0.3 is 15.8 Å². The Morgan fingerprint density at radius 2 is 2.32 bits per heavy atom. The van der Waals surface area contributed by atoms with Crippen molar-refractivity contribution in [1.82, 2.24) is 14.8 Å². The van der Waals surface area contributed by atoms with Crippen molar-refractivity contribution < 1.29 is 9.53 Å². The number of esters is 1. The number of nitrogen functional groups attached to an aromatic ring is 1. The van der Waals surface area contributed by atoms with E-state index in [-0.39, 0.29) is 11.3 Å². The molecule has 3 N–H and O–H groups in total. The van der Waals surface area contributed by atoms with Crippen molar-refractivity contribution in [2.24, 2.45) is 0 Å². The highest BCUT2D eigenvalue weighted by Crippen LogP contribution is 2.18. The molecule has 0 unspecified atom stereocenters.